The quantitative estimate of drug-likeness (QED) is 0.151. The Balaban J connectivity index is 1.91. The zero-order valence-electron chi connectivity index (χ0n) is 18.0. The SMILES string of the molecule is CCOC(=O)CSc1nc2c(sc(=S)n2Cc2ccccc2)c(=O)n1-c1ccccc1OC. The van der Waals surface area contributed by atoms with Crippen LogP contribution in [0.5, 0.6) is 5.75 Å². The Morgan fingerprint density at radius 3 is 2.61 bits per heavy atom. The lowest BCUT2D eigenvalue weighted by Gasteiger charge is -2.15. The van der Waals surface area contributed by atoms with Gasteiger partial charge >= 0.3 is 5.97 Å². The van der Waals surface area contributed by atoms with Crippen LogP contribution < -0.4 is 10.3 Å². The molecule has 0 atom stereocenters. The third kappa shape index (κ3) is 4.87. The average molecular weight is 500 g/mol. The second-order valence-corrected chi connectivity index (χ2v) is 9.48. The first-order valence-corrected chi connectivity index (χ1v) is 12.4. The maximum atomic E-state index is 13.7. The largest absolute Gasteiger partial charge is 0.495 e. The van der Waals surface area contributed by atoms with Crippen LogP contribution in [0.2, 0.25) is 0 Å². The third-order valence-electron chi connectivity index (χ3n) is 4.79. The average Bonchev–Trinajstić information content (AvgIpc) is 3.14. The van der Waals surface area contributed by atoms with Crippen molar-refractivity contribution in [3.05, 3.63) is 74.5 Å². The van der Waals surface area contributed by atoms with Crippen molar-refractivity contribution in [2.45, 2.75) is 18.6 Å². The molecular formula is C23H21N3O4S3. The number of benzene rings is 2. The first kappa shape index (κ1) is 23.2. The molecule has 0 radical (unpaired) electrons. The molecule has 33 heavy (non-hydrogen) atoms. The Bertz CT molecular complexity index is 1410. The molecule has 0 saturated carbocycles. The molecule has 0 N–H and O–H groups in total. The zero-order valence-corrected chi connectivity index (χ0v) is 20.5. The van der Waals surface area contributed by atoms with E-state index in [1.54, 1.807) is 26.2 Å². The van der Waals surface area contributed by atoms with E-state index in [0.29, 0.717) is 37.4 Å². The van der Waals surface area contributed by atoms with E-state index in [9.17, 15) is 9.59 Å². The van der Waals surface area contributed by atoms with Crippen molar-refractivity contribution < 1.29 is 14.3 Å². The van der Waals surface area contributed by atoms with Gasteiger partial charge in [-0.3, -0.25) is 14.2 Å². The molecule has 0 amide bonds. The number of thiazole rings is 1. The van der Waals surface area contributed by atoms with Gasteiger partial charge in [0.25, 0.3) is 5.56 Å². The van der Waals surface area contributed by atoms with Gasteiger partial charge in [-0.25, -0.2) is 4.98 Å². The van der Waals surface area contributed by atoms with Crippen molar-refractivity contribution in [1.29, 1.82) is 0 Å². The standard InChI is InChI=1S/C23H21N3O4S3/c1-3-30-18(27)14-32-22-24-20-19(21(28)26(22)16-11-7-8-12-17(16)29-2)33-23(31)25(20)13-15-9-5-4-6-10-15/h4-12H,3,13-14H2,1-2H3. The minimum atomic E-state index is -0.380. The van der Waals surface area contributed by atoms with Gasteiger partial charge in [0.05, 0.1) is 31.7 Å². The summed E-state index contributed by atoms with van der Waals surface area (Å²) in [5.41, 5.74) is 1.82. The number of rotatable bonds is 8. The summed E-state index contributed by atoms with van der Waals surface area (Å²) in [6.07, 6.45) is 0. The molecule has 0 saturated heterocycles. The smallest absolute Gasteiger partial charge is 0.316 e. The summed E-state index contributed by atoms with van der Waals surface area (Å²) in [5, 5.41) is 0.361. The van der Waals surface area contributed by atoms with E-state index in [0.717, 1.165) is 17.3 Å². The summed E-state index contributed by atoms with van der Waals surface area (Å²) in [6, 6.07) is 17.0. The highest BCUT2D eigenvalue weighted by Crippen LogP contribution is 2.29. The Hall–Kier alpha value is -2.95. The van der Waals surface area contributed by atoms with Crippen molar-refractivity contribution >= 4 is 51.6 Å². The fraction of sp³-hybridized carbons (Fsp3) is 0.217. The Morgan fingerprint density at radius 2 is 1.88 bits per heavy atom. The molecule has 7 nitrogen and oxygen atoms in total. The van der Waals surface area contributed by atoms with Gasteiger partial charge in [-0.15, -0.1) is 0 Å². The van der Waals surface area contributed by atoms with E-state index in [1.165, 1.54) is 15.9 Å². The summed E-state index contributed by atoms with van der Waals surface area (Å²) in [6.45, 7) is 2.53. The van der Waals surface area contributed by atoms with Crippen LogP contribution >= 0.6 is 35.3 Å². The van der Waals surface area contributed by atoms with Crippen molar-refractivity contribution in [2.75, 3.05) is 19.5 Å². The molecule has 4 rings (SSSR count). The minimum Gasteiger partial charge on any atom is -0.495 e. The summed E-state index contributed by atoms with van der Waals surface area (Å²) in [4.78, 5) is 30.5. The predicted molar refractivity (Wildman–Crippen MR) is 133 cm³/mol. The van der Waals surface area contributed by atoms with Crippen LogP contribution in [-0.2, 0) is 16.1 Å². The van der Waals surface area contributed by atoms with Crippen LogP contribution in [0.1, 0.15) is 12.5 Å². The predicted octanol–water partition coefficient (Wildman–Crippen LogP) is 4.69. The normalized spacial score (nSPS) is 11.0. The summed E-state index contributed by atoms with van der Waals surface area (Å²) in [7, 11) is 1.54. The van der Waals surface area contributed by atoms with E-state index >= 15 is 0 Å². The van der Waals surface area contributed by atoms with Crippen molar-refractivity contribution in [3.8, 4) is 11.4 Å². The summed E-state index contributed by atoms with van der Waals surface area (Å²) < 4.78 is 14.9. The van der Waals surface area contributed by atoms with E-state index < -0.39 is 0 Å². The van der Waals surface area contributed by atoms with Gasteiger partial charge in [-0.05, 0) is 36.8 Å². The van der Waals surface area contributed by atoms with E-state index in [1.807, 2.05) is 47.0 Å². The Kier molecular flexibility index (Phi) is 7.26. The highest BCUT2D eigenvalue weighted by molar-refractivity contribution is 7.99. The van der Waals surface area contributed by atoms with Gasteiger partial charge in [0.15, 0.2) is 14.8 Å². The second kappa shape index (κ2) is 10.3. The number of para-hydroxylation sites is 2. The number of hydrogen-bond donors (Lipinski definition) is 0. The van der Waals surface area contributed by atoms with Crippen LogP contribution in [0, 0.1) is 3.95 Å². The second-order valence-electron chi connectivity index (χ2n) is 6.89. The van der Waals surface area contributed by atoms with E-state index in [-0.39, 0.29) is 23.9 Å². The van der Waals surface area contributed by atoms with Gasteiger partial charge in [-0.1, -0.05) is 65.6 Å². The molecule has 0 aliphatic heterocycles. The van der Waals surface area contributed by atoms with Crippen LogP contribution in [0.4, 0.5) is 0 Å². The lowest BCUT2D eigenvalue weighted by atomic mass is 10.2. The first-order valence-electron chi connectivity index (χ1n) is 10.2. The monoisotopic (exact) mass is 499 g/mol. The highest BCUT2D eigenvalue weighted by Gasteiger charge is 2.21. The van der Waals surface area contributed by atoms with Gasteiger partial charge in [0.2, 0.25) is 0 Å². The van der Waals surface area contributed by atoms with Crippen molar-refractivity contribution in [1.82, 2.24) is 14.1 Å². The van der Waals surface area contributed by atoms with Crippen LogP contribution in [0.3, 0.4) is 0 Å². The van der Waals surface area contributed by atoms with Gasteiger partial charge in [0, 0.05) is 0 Å². The highest BCUT2D eigenvalue weighted by atomic mass is 32.2. The molecule has 0 spiro atoms. The molecular weight excluding hydrogens is 478 g/mol. The van der Waals surface area contributed by atoms with Crippen molar-refractivity contribution in [3.63, 3.8) is 0 Å². The lowest BCUT2D eigenvalue weighted by molar-refractivity contribution is -0.139. The maximum Gasteiger partial charge on any atom is 0.316 e. The molecule has 0 aliphatic carbocycles. The van der Waals surface area contributed by atoms with Crippen LogP contribution in [-0.4, -0.2) is 39.6 Å². The van der Waals surface area contributed by atoms with Gasteiger partial charge < -0.3 is 14.0 Å². The lowest BCUT2D eigenvalue weighted by Crippen LogP contribution is -2.23. The molecule has 2 heterocycles. The molecule has 10 heteroatoms. The topological polar surface area (TPSA) is 75.4 Å². The number of methoxy groups -OCH3 is 1. The number of ether oxygens (including phenoxy) is 2. The number of nitrogens with zero attached hydrogens (tertiary/aromatic N) is 3. The molecule has 0 bridgehead atoms. The van der Waals surface area contributed by atoms with Crippen molar-refractivity contribution in [2.24, 2.45) is 0 Å². The number of carbonyl (C=O) groups is 1. The number of esters is 1. The maximum absolute atomic E-state index is 13.7. The Morgan fingerprint density at radius 1 is 1.15 bits per heavy atom. The van der Waals surface area contributed by atoms with Gasteiger partial charge in [-0.2, -0.15) is 0 Å². The van der Waals surface area contributed by atoms with Crippen LogP contribution in [0.15, 0.2) is 64.5 Å². The van der Waals surface area contributed by atoms with Gasteiger partial charge in [0.1, 0.15) is 10.4 Å². The van der Waals surface area contributed by atoms with Crippen LogP contribution in [0.25, 0.3) is 16.0 Å². The molecule has 170 valence electrons. The molecule has 2 aromatic heterocycles. The Labute approximate surface area is 203 Å². The summed E-state index contributed by atoms with van der Waals surface area (Å²) >= 11 is 7.96. The molecule has 4 aromatic rings. The molecule has 0 fully saturated rings. The first-order chi connectivity index (χ1) is 16.0. The number of carbonyl (C=O) groups excluding carboxylic acids is 1. The summed E-state index contributed by atoms with van der Waals surface area (Å²) in [5.74, 6) is 0.158. The third-order valence-corrected chi connectivity index (χ3v) is 7.13. The fourth-order valence-corrected chi connectivity index (χ4v) is 5.39. The van der Waals surface area contributed by atoms with E-state index in [2.05, 4.69) is 0 Å². The fourth-order valence-electron chi connectivity index (χ4n) is 3.33. The minimum absolute atomic E-state index is 0.0183. The number of thioether (sulfide) groups is 1. The molecule has 0 aliphatic rings. The molecule has 0 unspecified atom stereocenters. The number of fused-ring (bicyclic) bond motifs is 1. The molecule has 2 aromatic carbocycles. The zero-order chi connectivity index (χ0) is 23.4. The number of aromatic nitrogens is 3. The van der Waals surface area contributed by atoms with E-state index in [4.69, 9.17) is 26.7 Å². The number of hydrogen-bond acceptors (Lipinski definition) is 8.